The monoisotopic (exact) mass is 296 g/mol. The summed E-state index contributed by atoms with van der Waals surface area (Å²) in [6.45, 7) is 1.18. The average Bonchev–Trinajstić information content (AvgIpc) is 2.70. The Kier molecular flexibility index (Phi) is 3.27. The Balaban J connectivity index is 1.87. The van der Waals surface area contributed by atoms with Gasteiger partial charge in [-0.25, -0.2) is 8.42 Å². The number of nitrogens with zero attached hydrogens (tertiary/aromatic N) is 1. The maximum absolute atomic E-state index is 11.9. The lowest BCUT2D eigenvalue weighted by molar-refractivity contribution is -0.0565. The second-order valence-corrected chi connectivity index (χ2v) is 6.75. The molecule has 0 radical (unpaired) electrons. The van der Waals surface area contributed by atoms with Crippen molar-refractivity contribution >= 4 is 15.9 Å². The van der Waals surface area contributed by atoms with Gasteiger partial charge in [0.15, 0.2) is 0 Å². The van der Waals surface area contributed by atoms with E-state index in [0.29, 0.717) is 37.5 Å². The summed E-state index contributed by atoms with van der Waals surface area (Å²) >= 11 is 0. The van der Waals surface area contributed by atoms with Crippen LogP contribution in [0.25, 0.3) is 0 Å². The van der Waals surface area contributed by atoms with Gasteiger partial charge in [-0.2, -0.15) is 0 Å². The first-order chi connectivity index (χ1) is 9.50. The Hall–Kier alpha value is -1.44. The van der Waals surface area contributed by atoms with Crippen LogP contribution in [-0.2, 0) is 14.8 Å². The largest absolute Gasteiger partial charge is 0.388 e. The van der Waals surface area contributed by atoms with Crippen LogP contribution in [0.15, 0.2) is 34.2 Å². The molecule has 1 fully saturated rings. The van der Waals surface area contributed by atoms with Crippen molar-refractivity contribution < 1.29 is 18.3 Å². The van der Waals surface area contributed by atoms with Gasteiger partial charge < -0.3 is 9.84 Å². The number of fused-ring (bicyclic) bond motifs is 1. The summed E-state index contributed by atoms with van der Waals surface area (Å²) in [5.41, 5.74) is -0.350. The first-order valence-electron chi connectivity index (χ1n) is 6.47. The SMILES string of the molecule is O=S1(=O)NC(=NCC2(O)CCOCC2)c2ccccc21. The molecule has 0 amide bonds. The van der Waals surface area contributed by atoms with E-state index in [0.717, 1.165) is 0 Å². The maximum atomic E-state index is 11.9. The molecule has 2 N–H and O–H groups in total. The quantitative estimate of drug-likeness (QED) is 0.820. The first-order valence-corrected chi connectivity index (χ1v) is 7.95. The van der Waals surface area contributed by atoms with Crippen LogP contribution in [0.1, 0.15) is 18.4 Å². The third-order valence-corrected chi connectivity index (χ3v) is 5.01. The summed E-state index contributed by atoms with van der Waals surface area (Å²) in [4.78, 5) is 4.51. The number of aliphatic imine (C=N–C) groups is 1. The number of benzene rings is 1. The van der Waals surface area contributed by atoms with Crippen molar-refractivity contribution in [1.82, 2.24) is 4.72 Å². The average molecular weight is 296 g/mol. The standard InChI is InChI=1S/C13H16N2O4S/c16-13(5-7-19-8-6-13)9-14-12-10-3-1-2-4-11(10)20(17,18)15-12/h1-4,16H,5-9H2,(H,14,15). The Bertz CT molecular complexity index is 648. The Morgan fingerprint density at radius 1 is 1.30 bits per heavy atom. The van der Waals surface area contributed by atoms with E-state index in [9.17, 15) is 13.5 Å². The van der Waals surface area contributed by atoms with E-state index < -0.39 is 15.6 Å². The Morgan fingerprint density at radius 3 is 2.75 bits per heavy atom. The van der Waals surface area contributed by atoms with Gasteiger partial charge in [-0.15, -0.1) is 0 Å². The minimum Gasteiger partial charge on any atom is -0.388 e. The predicted octanol–water partition coefficient (Wildman–Crippen LogP) is 0.267. The van der Waals surface area contributed by atoms with Crippen LogP contribution in [0, 0.1) is 0 Å². The number of ether oxygens (including phenoxy) is 1. The Morgan fingerprint density at radius 2 is 2.00 bits per heavy atom. The van der Waals surface area contributed by atoms with Gasteiger partial charge in [0.2, 0.25) is 0 Å². The van der Waals surface area contributed by atoms with Crippen LogP contribution < -0.4 is 4.72 Å². The fraction of sp³-hybridized carbons (Fsp3) is 0.462. The lowest BCUT2D eigenvalue weighted by atomic mass is 9.95. The third kappa shape index (κ3) is 2.44. The summed E-state index contributed by atoms with van der Waals surface area (Å²) in [6.07, 6.45) is 1.02. The fourth-order valence-corrected chi connectivity index (χ4v) is 3.64. The zero-order valence-corrected chi connectivity index (χ0v) is 11.7. The van der Waals surface area contributed by atoms with Crippen molar-refractivity contribution in [2.24, 2.45) is 4.99 Å². The lowest BCUT2D eigenvalue weighted by Crippen LogP contribution is -2.39. The number of amidine groups is 1. The molecule has 7 heteroatoms. The highest BCUT2D eigenvalue weighted by molar-refractivity contribution is 7.90. The summed E-state index contributed by atoms with van der Waals surface area (Å²) < 4.78 is 31.5. The van der Waals surface area contributed by atoms with Crippen LogP contribution in [0.4, 0.5) is 0 Å². The molecule has 1 aromatic rings. The summed E-state index contributed by atoms with van der Waals surface area (Å²) in [7, 11) is -3.51. The number of nitrogens with one attached hydrogen (secondary N) is 1. The van der Waals surface area contributed by atoms with Gasteiger partial charge in [0.1, 0.15) is 5.84 Å². The van der Waals surface area contributed by atoms with Gasteiger partial charge >= 0.3 is 0 Å². The summed E-state index contributed by atoms with van der Waals surface area (Å²) in [5, 5.41) is 10.3. The minimum atomic E-state index is -3.51. The second-order valence-electron chi connectivity index (χ2n) is 5.10. The molecule has 6 nitrogen and oxygen atoms in total. The van der Waals surface area contributed by atoms with Crippen molar-refractivity contribution in [2.75, 3.05) is 19.8 Å². The van der Waals surface area contributed by atoms with Crippen LogP contribution in [0.5, 0.6) is 0 Å². The second kappa shape index (κ2) is 4.83. The molecule has 2 aliphatic rings. The third-order valence-electron chi connectivity index (χ3n) is 3.62. The number of hydrogen-bond acceptors (Lipinski definition) is 5. The van der Waals surface area contributed by atoms with Gasteiger partial charge in [0.05, 0.1) is 17.0 Å². The molecule has 0 aromatic heterocycles. The van der Waals surface area contributed by atoms with Crippen LogP contribution in [0.2, 0.25) is 0 Å². The van der Waals surface area contributed by atoms with Gasteiger partial charge in [-0.1, -0.05) is 12.1 Å². The molecule has 0 aliphatic carbocycles. The molecule has 0 bridgehead atoms. The van der Waals surface area contributed by atoms with E-state index in [1.54, 1.807) is 24.3 Å². The van der Waals surface area contributed by atoms with E-state index in [4.69, 9.17) is 4.74 Å². The molecule has 1 saturated heterocycles. The van der Waals surface area contributed by atoms with Crippen molar-refractivity contribution in [3.05, 3.63) is 29.8 Å². The van der Waals surface area contributed by atoms with Gasteiger partial charge in [-0.05, 0) is 12.1 Å². The summed E-state index contributed by atoms with van der Waals surface area (Å²) in [6, 6.07) is 6.69. The topological polar surface area (TPSA) is 88.0 Å². The van der Waals surface area contributed by atoms with E-state index >= 15 is 0 Å². The smallest absolute Gasteiger partial charge is 0.263 e. The highest BCUT2D eigenvalue weighted by atomic mass is 32.2. The first kappa shape index (κ1) is 13.5. The molecular formula is C13H16N2O4S. The van der Waals surface area contributed by atoms with E-state index in [2.05, 4.69) is 9.71 Å². The predicted molar refractivity (Wildman–Crippen MR) is 73.2 cm³/mol. The molecular weight excluding hydrogens is 280 g/mol. The lowest BCUT2D eigenvalue weighted by Gasteiger charge is -2.30. The normalized spacial score (nSPS) is 25.1. The zero-order valence-electron chi connectivity index (χ0n) is 10.9. The highest BCUT2D eigenvalue weighted by Gasteiger charge is 2.33. The molecule has 0 spiro atoms. The van der Waals surface area contributed by atoms with E-state index in [1.807, 2.05) is 0 Å². The maximum Gasteiger partial charge on any atom is 0.263 e. The van der Waals surface area contributed by atoms with Crippen molar-refractivity contribution in [3.63, 3.8) is 0 Å². The van der Waals surface area contributed by atoms with E-state index in [-0.39, 0.29) is 11.4 Å². The van der Waals surface area contributed by atoms with Gasteiger partial charge in [0.25, 0.3) is 10.0 Å². The molecule has 2 aliphatic heterocycles. The molecule has 2 heterocycles. The number of aliphatic hydroxyl groups is 1. The molecule has 20 heavy (non-hydrogen) atoms. The molecule has 108 valence electrons. The molecule has 1 aromatic carbocycles. The van der Waals surface area contributed by atoms with Crippen molar-refractivity contribution in [2.45, 2.75) is 23.3 Å². The molecule has 0 saturated carbocycles. The number of hydrogen-bond donors (Lipinski definition) is 2. The van der Waals surface area contributed by atoms with Crippen LogP contribution in [0.3, 0.4) is 0 Å². The van der Waals surface area contributed by atoms with Crippen molar-refractivity contribution in [1.29, 1.82) is 0 Å². The molecule has 0 atom stereocenters. The van der Waals surface area contributed by atoms with Crippen LogP contribution >= 0.6 is 0 Å². The minimum absolute atomic E-state index is 0.169. The van der Waals surface area contributed by atoms with E-state index in [1.165, 1.54) is 0 Å². The fourth-order valence-electron chi connectivity index (χ4n) is 2.39. The number of sulfonamides is 1. The highest BCUT2D eigenvalue weighted by Crippen LogP contribution is 2.24. The van der Waals surface area contributed by atoms with Crippen LogP contribution in [-0.4, -0.2) is 44.7 Å². The zero-order chi connectivity index (χ0) is 14.2. The Labute approximate surface area is 117 Å². The summed E-state index contributed by atoms with van der Waals surface area (Å²) in [5.74, 6) is 0.306. The van der Waals surface area contributed by atoms with Gasteiger partial charge in [0, 0.05) is 31.6 Å². The molecule has 0 unspecified atom stereocenters. The van der Waals surface area contributed by atoms with Gasteiger partial charge in [-0.3, -0.25) is 9.71 Å². The molecule has 3 rings (SSSR count). The van der Waals surface area contributed by atoms with Crippen molar-refractivity contribution in [3.8, 4) is 0 Å². The number of rotatable bonds is 2.